The van der Waals surface area contributed by atoms with E-state index in [1.165, 1.54) is 29.9 Å². The molecule has 31 heavy (non-hydrogen) atoms. The van der Waals surface area contributed by atoms with Crippen LogP contribution in [0.15, 0.2) is 30.3 Å². The molecule has 0 spiro atoms. The first-order chi connectivity index (χ1) is 15.0. The van der Waals surface area contributed by atoms with Crippen LogP contribution in [0.4, 0.5) is 21.7 Å². The van der Waals surface area contributed by atoms with Crippen LogP contribution in [0.1, 0.15) is 25.1 Å². The van der Waals surface area contributed by atoms with Gasteiger partial charge in [0.05, 0.1) is 5.92 Å². The number of rotatable bonds is 7. The molecule has 2 saturated heterocycles. The predicted molar refractivity (Wildman–Crippen MR) is 117 cm³/mol. The van der Waals surface area contributed by atoms with Crippen molar-refractivity contribution in [2.24, 2.45) is 5.92 Å². The monoisotopic (exact) mass is 426 g/mol. The number of halogens is 1. The number of hydrogen-bond donors (Lipinski definition) is 2. The second-order valence-corrected chi connectivity index (χ2v) is 7.95. The lowest BCUT2D eigenvalue weighted by Gasteiger charge is -2.18. The van der Waals surface area contributed by atoms with Crippen LogP contribution >= 0.6 is 0 Å². The summed E-state index contributed by atoms with van der Waals surface area (Å²) in [6.07, 6.45) is 2.52. The molecule has 4 rings (SSSR count). The summed E-state index contributed by atoms with van der Waals surface area (Å²) in [5.74, 6) is 1.32. The summed E-state index contributed by atoms with van der Waals surface area (Å²) in [7, 11) is 0. The number of carbonyl (C=O) groups is 2. The number of benzene rings is 1. The standard InChI is InChI=1S/C22H27FN6O2/c1-15-26-19(13-20(27-15)28-10-2-3-11-28)24-8-9-25-22(31)16-12-21(30)29(14-16)18-6-4-17(23)5-7-18/h4-7,13,16H,2-3,8-12,14H2,1H3,(H,25,31)(H,24,26,27). The van der Waals surface area contributed by atoms with Crippen LogP contribution in [-0.4, -0.2) is 54.5 Å². The number of aryl methyl sites for hydroxylation is 1. The lowest BCUT2D eigenvalue weighted by molar-refractivity contribution is -0.126. The fourth-order valence-corrected chi connectivity index (χ4v) is 4.03. The molecule has 1 aromatic heterocycles. The van der Waals surface area contributed by atoms with Crippen molar-refractivity contribution < 1.29 is 14.0 Å². The predicted octanol–water partition coefficient (Wildman–Crippen LogP) is 2.11. The van der Waals surface area contributed by atoms with Crippen molar-refractivity contribution in [2.75, 3.05) is 47.8 Å². The summed E-state index contributed by atoms with van der Waals surface area (Å²) < 4.78 is 13.1. The van der Waals surface area contributed by atoms with E-state index in [-0.39, 0.29) is 24.1 Å². The molecule has 3 heterocycles. The number of nitrogens with one attached hydrogen (secondary N) is 2. The summed E-state index contributed by atoms with van der Waals surface area (Å²) >= 11 is 0. The average molecular weight is 426 g/mol. The lowest BCUT2D eigenvalue weighted by atomic mass is 10.1. The molecular weight excluding hydrogens is 399 g/mol. The molecule has 2 fully saturated rings. The van der Waals surface area contributed by atoms with Gasteiger partial charge in [0.15, 0.2) is 0 Å². The lowest BCUT2D eigenvalue weighted by Crippen LogP contribution is -2.35. The molecule has 0 saturated carbocycles. The van der Waals surface area contributed by atoms with Gasteiger partial charge >= 0.3 is 0 Å². The highest BCUT2D eigenvalue weighted by molar-refractivity contribution is 6.00. The van der Waals surface area contributed by atoms with Gasteiger partial charge in [0, 0.05) is 50.9 Å². The zero-order valence-corrected chi connectivity index (χ0v) is 17.6. The van der Waals surface area contributed by atoms with Crippen LogP contribution < -0.4 is 20.4 Å². The number of amides is 2. The molecule has 0 bridgehead atoms. The molecule has 0 radical (unpaired) electrons. The second-order valence-electron chi connectivity index (χ2n) is 7.95. The highest BCUT2D eigenvalue weighted by Crippen LogP contribution is 2.25. The van der Waals surface area contributed by atoms with E-state index in [4.69, 9.17) is 0 Å². The molecule has 2 amide bonds. The van der Waals surface area contributed by atoms with Crippen molar-refractivity contribution in [3.63, 3.8) is 0 Å². The van der Waals surface area contributed by atoms with Crippen LogP contribution in [0.5, 0.6) is 0 Å². The molecule has 164 valence electrons. The molecule has 0 aliphatic carbocycles. The molecule has 2 aliphatic heterocycles. The quantitative estimate of drug-likeness (QED) is 0.659. The van der Waals surface area contributed by atoms with Gasteiger partial charge in [-0.25, -0.2) is 14.4 Å². The summed E-state index contributed by atoms with van der Waals surface area (Å²) in [4.78, 5) is 37.5. The maximum Gasteiger partial charge on any atom is 0.227 e. The van der Waals surface area contributed by atoms with Gasteiger partial charge in [-0.1, -0.05) is 0 Å². The van der Waals surface area contributed by atoms with Gasteiger partial charge in [-0.2, -0.15) is 0 Å². The van der Waals surface area contributed by atoms with E-state index in [9.17, 15) is 14.0 Å². The van der Waals surface area contributed by atoms with Crippen molar-refractivity contribution >= 4 is 29.1 Å². The van der Waals surface area contributed by atoms with Crippen LogP contribution in [-0.2, 0) is 9.59 Å². The number of aromatic nitrogens is 2. The highest BCUT2D eigenvalue weighted by atomic mass is 19.1. The van der Waals surface area contributed by atoms with Crippen LogP contribution in [0.2, 0.25) is 0 Å². The Kier molecular flexibility index (Phi) is 6.29. The van der Waals surface area contributed by atoms with Gasteiger partial charge in [0.1, 0.15) is 23.3 Å². The fraction of sp³-hybridized carbons (Fsp3) is 0.455. The topological polar surface area (TPSA) is 90.5 Å². The molecule has 1 atom stereocenters. The number of hydrogen-bond acceptors (Lipinski definition) is 6. The highest BCUT2D eigenvalue weighted by Gasteiger charge is 2.34. The van der Waals surface area contributed by atoms with Crippen LogP contribution in [0.3, 0.4) is 0 Å². The van der Waals surface area contributed by atoms with Gasteiger partial charge in [0.2, 0.25) is 11.8 Å². The molecule has 2 N–H and O–H groups in total. The fourth-order valence-electron chi connectivity index (χ4n) is 4.03. The summed E-state index contributed by atoms with van der Waals surface area (Å²) in [5, 5.41) is 6.13. The molecule has 1 unspecified atom stereocenters. The first kappa shape index (κ1) is 21.0. The molecular formula is C22H27FN6O2. The Balaban J connectivity index is 1.25. The van der Waals surface area contributed by atoms with Gasteiger partial charge in [-0.15, -0.1) is 0 Å². The van der Waals surface area contributed by atoms with Gasteiger partial charge in [-0.3, -0.25) is 9.59 Å². The normalized spacial score (nSPS) is 18.5. The first-order valence-electron chi connectivity index (χ1n) is 10.7. The Morgan fingerprint density at radius 2 is 1.90 bits per heavy atom. The van der Waals surface area contributed by atoms with Crippen molar-refractivity contribution in [2.45, 2.75) is 26.2 Å². The number of carbonyl (C=O) groups excluding carboxylic acids is 2. The van der Waals surface area contributed by atoms with E-state index in [2.05, 4.69) is 25.5 Å². The third kappa shape index (κ3) is 5.10. The Morgan fingerprint density at radius 3 is 2.65 bits per heavy atom. The third-order valence-electron chi connectivity index (χ3n) is 5.62. The molecule has 1 aromatic carbocycles. The Bertz CT molecular complexity index is 946. The molecule has 9 heteroatoms. The largest absolute Gasteiger partial charge is 0.368 e. The Hall–Kier alpha value is -3.23. The van der Waals surface area contributed by atoms with Gasteiger partial charge in [0.25, 0.3) is 0 Å². The van der Waals surface area contributed by atoms with Crippen molar-refractivity contribution in [3.05, 3.63) is 42.0 Å². The average Bonchev–Trinajstić information content (AvgIpc) is 3.41. The molecule has 8 nitrogen and oxygen atoms in total. The van der Waals surface area contributed by atoms with Crippen molar-refractivity contribution in [1.29, 1.82) is 0 Å². The van der Waals surface area contributed by atoms with Crippen LogP contribution in [0.25, 0.3) is 0 Å². The minimum atomic E-state index is -0.416. The van der Waals surface area contributed by atoms with E-state index in [1.54, 1.807) is 12.1 Å². The maximum absolute atomic E-state index is 13.1. The minimum Gasteiger partial charge on any atom is -0.368 e. The van der Waals surface area contributed by atoms with Gasteiger partial charge < -0.3 is 20.4 Å². The number of nitrogens with zero attached hydrogens (tertiary/aromatic N) is 4. The van der Waals surface area contributed by atoms with E-state index in [0.29, 0.717) is 31.1 Å². The van der Waals surface area contributed by atoms with E-state index in [1.807, 2.05) is 13.0 Å². The zero-order chi connectivity index (χ0) is 21.8. The number of anilines is 3. The summed E-state index contributed by atoms with van der Waals surface area (Å²) in [6, 6.07) is 7.67. The van der Waals surface area contributed by atoms with E-state index in [0.717, 1.165) is 24.7 Å². The Morgan fingerprint density at radius 1 is 1.16 bits per heavy atom. The SMILES string of the molecule is Cc1nc(NCCNC(=O)C2CC(=O)N(c3ccc(F)cc3)C2)cc(N2CCCC2)n1. The van der Waals surface area contributed by atoms with Crippen LogP contribution in [0, 0.1) is 18.7 Å². The van der Waals surface area contributed by atoms with E-state index < -0.39 is 5.92 Å². The molecule has 2 aliphatic rings. The van der Waals surface area contributed by atoms with E-state index >= 15 is 0 Å². The van der Waals surface area contributed by atoms with Crippen molar-refractivity contribution in [1.82, 2.24) is 15.3 Å². The molecule has 2 aromatic rings. The van der Waals surface area contributed by atoms with Crippen molar-refractivity contribution in [3.8, 4) is 0 Å². The maximum atomic E-state index is 13.1. The van der Waals surface area contributed by atoms with Gasteiger partial charge in [-0.05, 0) is 44.0 Å². The third-order valence-corrected chi connectivity index (χ3v) is 5.62. The first-order valence-corrected chi connectivity index (χ1v) is 10.7. The zero-order valence-electron chi connectivity index (χ0n) is 17.6. The second kappa shape index (κ2) is 9.28. The minimum absolute atomic E-state index is 0.129. The Labute approximate surface area is 180 Å². The smallest absolute Gasteiger partial charge is 0.227 e. The summed E-state index contributed by atoms with van der Waals surface area (Å²) in [5.41, 5.74) is 0.608. The summed E-state index contributed by atoms with van der Waals surface area (Å²) in [6.45, 7) is 5.14.